The minimum Gasteiger partial charge on any atom is -0.227 e. The second-order valence-corrected chi connectivity index (χ2v) is 3.26. The van der Waals surface area contributed by atoms with Crippen molar-refractivity contribution in [2.45, 2.75) is 4.21 Å². The van der Waals surface area contributed by atoms with Gasteiger partial charge in [-0.3, -0.25) is 0 Å². The predicted octanol–water partition coefficient (Wildman–Crippen LogP) is 1.75. The van der Waals surface area contributed by atoms with Gasteiger partial charge in [0.1, 0.15) is 4.21 Å². The molecule has 0 unspecified atom stereocenters. The van der Waals surface area contributed by atoms with Crippen LogP contribution in [0.25, 0.3) is 0 Å². The summed E-state index contributed by atoms with van der Waals surface area (Å²) in [5, 5.41) is 7.32. The van der Waals surface area contributed by atoms with Crippen molar-refractivity contribution in [1.29, 1.82) is 0 Å². The number of fused-ring (bicyclic) bond motifs is 1. The molecule has 0 bridgehead atoms. The van der Waals surface area contributed by atoms with E-state index in [1.54, 1.807) is 16.8 Å². The van der Waals surface area contributed by atoms with Crippen LogP contribution in [-0.2, 0) is 0 Å². The average molecular weight is 158 g/mol. The third kappa shape index (κ3) is 0.796. The van der Waals surface area contributed by atoms with Crippen molar-refractivity contribution in [1.82, 2.24) is 9.82 Å². The van der Waals surface area contributed by atoms with Crippen LogP contribution in [0.3, 0.4) is 0 Å². The van der Waals surface area contributed by atoms with Crippen molar-refractivity contribution in [2.75, 3.05) is 0 Å². The van der Waals surface area contributed by atoms with E-state index in [0.29, 0.717) is 0 Å². The largest absolute Gasteiger partial charge is 0.227 e. The van der Waals surface area contributed by atoms with Crippen molar-refractivity contribution < 1.29 is 0 Å². The topological polar surface area (TPSA) is 49.6 Å². The molecule has 46 valence electrons. The molecule has 0 fully saturated rings. The molecule has 2 rings (SSSR count). The minimum absolute atomic E-state index is 0.726. The lowest BCUT2D eigenvalue weighted by Gasteiger charge is -1.98. The Hall–Kier alpha value is -0.620. The molecule has 0 atom stereocenters. The molecule has 1 aromatic rings. The highest BCUT2D eigenvalue weighted by atomic mass is 32.2. The van der Waals surface area contributed by atoms with Gasteiger partial charge in [-0.25, -0.2) is 9.82 Å². The Kier molecular flexibility index (Phi) is 1.13. The van der Waals surface area contributed by atoms with E-state index in [0.717, 1.165) is 10.0 Å². The van der Waals surface area contributed by atoms with Gasteiger partial charge in [0.05, 0.1) is 5.51 Å². The molecule has 0 aliphatic carbocycles. The summed E-state index contributed by atoms with van der Waals surface area (Å²) in [5.74, 6) is 0.726. The van der Waals surface area contributed by atoms with Gasteiger partial charge in [-0.05, 0) is 0 Å². The molecule has 1 aliphatic heterocycles. The number of hydrogen-bond donors (Lipinski definition) is 1. The number of rotatable bonds is 0. The lowest BCUT2D eigenvalue weighted by Crippen LogP contribution is -1.91. The molecule has 0 amide bonds. The van der Waals surface area contributed by atoms with E-state index in [2.05, 4.69) is 20.2 Å². The number of nitrogens with one attached hydrogen (secondary N) is 1. The first-order valence-electron chi connectivity index (χ1n) is 2.23. The molecule has 6 heteroatoms. The van der Waals surface area contributed by atoms with Crippen molar-refractivity contribution in [3.63, 3.8) is 0 Å². The summed E-state index contributed by atoms with van der Waals surface area (Å²) in [5.41, 5.74) is 1.75. The van der Waals surface area contributed by atoms with Crippen molar-refractivity contribution in [3.05, 3.63) is 5.51 Å². The molecule has 0 saturated heterocycles. The first-order valence-corrected chi connectivity index (χ1v) is 3.92. The predicted molar refractivity (Wildman–Crippen MR) is 35.6 cm³/mol. The highest BCUT2D eigenvalue weighted by Gasteiger charge is 2.08. The zero-order chi connectivity index (χ0) is 6.10. The van der Waals surface area contributed by atoms with Crippen LogP contribution < -0.4 is 4.83 Å². The van der Waals surface area contributed by atoms with Crippen LogP contribution >= 0.6 is 23.3 Å². The molecule has 2 heterocycles. The minimum atomic E-state index is 0.726. The number of nitrogens with zero attached hydrogens (tertiary/aromatic N) is 3. The highest BCUT2D eigenvalue weighted by molar-refractivity contribution is 7.99. The molecule has 4 nitrogen and oxygen atoms in total. The summed E-state index contributed by atoms with van der Waals surface area (Å²) in [4.78, 5) is 6.63. The fourth-order valence-electron chi connectivity index (χ4n) is 0.496. The molecule has 1 aromatic heterocycles. The van der Waals surface area contributed by atoms with Gasteiger partial charge in [-0.15, -0.1) is 16.5 Å². The number of thiazole rings is 1. The van der Waals surface area contributed by atoms with Crippen LogP contribution in [0.2, 0.25) is 0 Å². The molecule has 1 N–H and O–H groups in total. The standard InChI is InChI=1S/C3H2N4S2/c1-4-2-3(8-1)9-7-6-5-2/h1H,(H,5,7). The summed E-state index contributed by atoms with van der Waals surface area (Å²) < 4.78 is 1.07. The Bertz CT molecular complexity index is 242. The third-order valence-corrected chi connectivity index (χ3v) is 2.53. The van der Waals surface area contributed by atoms with Crippen molar-refractivity contribution >= 4 is 29.1 Å². The van der Waals surface area contributed by atoms with E-state index in [1.807, 2.05) is 0 Å². The zero-order valence-electron chi connectivity index (χ0n) is 4.24. The zero-order valence-corrected chi connectivity index (χ0v) is 5.87. The second-order valence-electron chi connectivity index (χ2n) is 1.36. The fraction of sp³-hybridized carbons (Fsp3) is 0. The Balaban J connectivity index is 2.53. The van der Waals surface area contributed by atoms with Crippen molar-refractivity contribution in [3.8, 4) is 0 Å². The second kappa shape index (κ2) is 1.96. The van der Waals surface area contributed by atoms with Gasteiger partial charge >= 0.3 is 0 Å². The Morgan fingerprint density at radius 2 is 2.56 bits per heavy atom. The van der Waals surface area contributed by atoms with Gasteiger partial charge in [-0.2, -0.15) is 0 Å². The summed E-state index contributed by atoms with van der Waals surface area (Å²) in [6, 6.07) is 0. The first-order chi connectivity index (χ1) is 4.47. The molecule has 9 heavy (non-hydrogen) atoms. The van der Waals surface area contributed by atoms with E-state index in [9.17, 15) is 0 Å². The lowest BCUT2D eigenvalue weighted by atomic mass is 10.8. The summed E-state index contributed by atoms with van der Waals surface area (Å²) in [6.07, 6.45) is 0. The summed E-state index contributed by atoms with van der Waals surface area (Å²) in [7, 11) is 0. The van der Waals surface area contributed by atoms with E-state index >= 15 is 0 Å². The van der Waals surface area contributed by atoms with Gasteiger partial charge < -0.3 is 0 Å². The molecule has 1 aliphatic rings. The van der Waals surface area contributed by atoms with Crippen LogP contribution in [0.15, 0.2) is 20.1 Å². The van der Waals surface area contributed by atoms with E-state index in [1.165, 1.54) is 11.9 Å². The quantitative estimate of drug-likeness (QED) is 0.585. The van der Waals surface area contributed by atoms with Gasteiger partial charge in [0.25, 0.3) is 0 Å². The van der Waals surface area contributed by atoms with Gasteiger partial charge in [-0.1, -0.05) is 5.22 Å². The number of aromatic nitrogens is 1. The molecule has 0 radical (unpaired) electrons. The molecule has 0 spiro atoms. The number of hydrogen-bond acceptors (Lipinski definition) is 6. The maximum Gasteiger partial charge on any atom is 0.202 e. The smallest absolute Gasteiger partial charge is 0.202 e. The van der Waals surface area contributed by atoms with Crippen LogP contribution in [0.4, 0.5) is 5.82 Å². The fourth-order valence-corrected chi connectivity index (χ4v) is 1.73. The van der Waals surface area contributed by atoms with Crippen LogP contribution in [0.5, 0.6) is 0 Å². The maximum atomic E-state index is 3.95. The van der Waals surface area contributed by atoms with Crippen LogP contribution in [0.1, 0.15) is 0 Å². The van der Waals surface area contributed by atoms with E-state index in [-0.39, 0.29) is 0 Å². The maximum absolute atomic E-state index is 3.95. The van der Waals surface area contributed by atoms with Gasteiger partial charge in [0, 0.05) is 11.9 Å². The van der Waals surface area contributed by atoms with Crippen LogP contribution in [-0.4, -0.2) is 4.98 Å². The Labute approximate surface area is 59.5 Å². The van der Waals surface area contributed by atoms with Crippen molar-refractivity contribution in [2.24, 2.45) is 10.3 Å². The van der Waals surface area contributed by atoms with E-state index in [4.69, 9.17) is 0 Å². The van der Waals surface area contributed by atoms with Gasteiger partial charge in [0.15, 0.2) is 0 Å². The molecule has 0 aromatic carbocycles. The SMILES string of the molecule is c1nc2c(s1)SNN=N2. The highest BCUT2D eigenvalue weighted by Crippen LogP contribution is 2.33. The van der Waals surface area contributed by atoms with Crippen LogP contribution in [0, 0.1) is 0 Å². The van der Waals surface area contributed by atoms with E-state index < -0.39 is 0 Å². The average Bonchev–Trinajstić information content (AvgIpc) is 2.33. The third-order valence-electron chi connectivity index (χ3n) is 0.841. The van der Waals surface area contributed by atoms with Gasteiger partial charge in [0.2, 0.25) is 5.82 Å². The Morgan fingerprint density at radius 3 is 3.44 bits per heavy atom. The monoisotopic (exact) mass is 158 g/mol. The Morgan fingerprint density at radius 1 is 1.56 bits per heavy atom. The molecular formula is C3H2N4S2. The molecule has 0 saturated carbocycles. The molecular weight excluding hydrogens is 156 g/mol. The first kappa shape index (κ1) is 5.19. The summed E-state index contributed by atoms with van der Waals surface area (Å²) >= 11 is 3.00. The lowest BCUT2D eigenvalue weighted by molar-refractivity contribution is 0.937. The normalized spacial score (nSPS) is 14.7. The summed E-state index contributed by atoms with van der Waals surface area (Å²) in [6.45, 7) is 0.